The summed E-state index contributed by atoms with van der Waals surface area (Å²) in [7, 11) is -5.84. The van der Waals surface area contributed by atoms with E-state index in [2.05, 4.69) is 306 Å². The van der Waals surface area contributed by atoms with Gasteiger partial charge in [0.15, 0.2) is 16.1 Å². The molecule has 11 aromatic carbocycles. The van der Waals surface area contributed by atoms with Crippen LogP contribution in [0.3, 0.4) is 0 Å². The molecule has 6 heteroatoms. The van der Waals surface area contributed by atoms with Gasteiger partial charge in [-0.05, 0) is 84.0 Å². The van der Waals surface area contributed by atoms with Crippen LogP contribution in [-0.2, 0) is 0 Å². The Kier molecular flexibility index (Phi) is 9.89. The molecular formula is C69H48N4Si2. The fourth-order valence-corrected chi connectivity index (χ4v) is 23.4. The van der Waals surface area contributed by atoms with Crippen LogP contribution in [0.15, 0.2) is 291 Å². The number of nitrogens with zero attached hydrogens (tertiary/aromatic N) is 4. The maximum absolute atomic E-state index is 6.05. The van der Waals surface area contributed by atoms with Crippen LogP contribution < -0.4 is 51.3 Å². The minimum absolute atomic E-state index is 0.851. The third kappa shape index (κ3) is 6.18. The van der Waals surface area contributed by atoms with Crippen molar-refractivity contribution in [2.45, 2.75) is 0 Å². The highest BCUT2D eigenvalue weighted by atomic mass is 28.3. The van der Waals surface area contributed by atoms with Crippen molar-refractivity contribution in [2.75, 3.05) is 9.80 Å². The molecule has 0 saturated heterocycles. The molecule has 0 atom stereocenters. The van der Waals surface area contributed by atoms with Crippen LogP contribution in [0.4, 0.5) is 34.3 Å². The number of fused-ring (bicyclic) bond motifs is 8. The monoisotopic (exact) mass is 988 g/mol. The largest absolute Gasteiger partial charge is 0.310 e. The van der Waals surface area contributed by atoms with Gasteiger partial charge in [-0.2, -0.15) is 0 Å². The summed E-state index contributed by atoms with van der Waals surface area (Å²) in [6.07, 6.45) is 0. The number of aromatic nitrogens is 2. The minimum atomic E-state index is -2.92. The lowest BCUT2D eigenvalue weighted by molar-refractivity contribution is 1.16. The molecule has 4 heterocycles. The molecule has 15 rings (SSSR count). The first-order valence-electron chi connectivity index (χ1n) is 25.9. The fourth-order valence-electron chi connectivity index (χ4n) is 13.2. The molecule has 0 N–H and O–H groups in total. The number of anilines is 6. The molecule has 4 nitrogen and oxygen atoms in total. The second-order valence-corrected chi connectivity index (χ2v) is 27.2. The number of hydrogen-bond acceptors (Lipinski definition) is 3. The SMILES string of the molecule is c1ccc([Si]2(c3ccccc3)c3ccccc3N(c3cc(N4c5ccccc5[Si](c5ccccc5)(c5ccccc5)c5ccccc54)c4cccc(-n5c6ccccc6c6ccccc65)c4n3)c3ccccc32)cc1. The Hall–Kier alpha value is -9.34. The first kappa shape index (κ1) is 43.3. The Morgan fingerprint density at radius 1 is 0.253 bits per heavy atom. The second kappa shape index (κ2) is 17.1. The van der Waals surface area contributed by atoms with Gasteiger partial charge in [0.1, 0.15) is 5.82 Å². The van der Waals surface area contributed by atoms with Crippen molar-refractivity contribution in [3.8, 4) is 5.69 Å². The predicted octanol–water partition coefficient (Wildman–Crippen LogP) is 11.7. The summed E-state index contributed by atoms with van der Waals surface area (Å²) in [6.45, 7) is 0. The molecule has 13 aromatic rings. The van der Waals surface area contributed by atoms with Gasteiger partial charge in [-0.15, -0.1) is 0 Å². The summed E-state index contributed by atoms with van der Waals surface area (Å²) in [6, 6.07) is 109. The molecule has 2 aliphatic heterocycles. The van der Waals surface area contributed by atoms with Crippen molar-refractivity contribution >= 4 is 125 Å². The molecule has 0 aliphatic carbocycles. The molecule has 352 valence electrons. The first-order valence-corrected chi connectivity index (χ1v) is 29.9. The van der Waals surface area contributed by atoms with Gasteiger partial charge in [0, 0.05) is 45.0 Å². The van der Waals surface area contributed by atoms with E-state index in [1.54, 1.807) is 0 Å². The second-order valence-electron chi connectivity index (χ2n) is 19.7. The molecular weight excluding hydrogens is 941 g/mol. The smallest absolute Gasteiger partial charge is 0.184 e. The summed E-state index contributed by atoms with van der Waals surface area (Å²) in [5, 5.41) is 14.3. The van der Waals surface area contributed by atoms with E-state index in [1.807, 2.05) is 0 Å². The molecule has 0 spiro atoms. The van der Waals surface area contributed by atoms with Gasteiger partial charge in [-0.1, -0.05) is 243 Å². The molecule has 0 radical (unpaired) electrons. The summed E-state index contributed by atoms with van der Waals surface area (Å²) in [4.78, 5) is 11.1. The summed E-state index contributed by atoms with van der Waals surface area (Å²) in [5.74, 6) is 0.851. The number of pyridine rings is 1. The van der Waals surface area contributed by atoms with Crippen molar-refractivity contribution in [3.05, 3.63) is 291 Å². The highest BCUT2D eigenvalue weighted by molar-refractivity contribution is 7.22. The lowest BCUT2D eigenvalue weighted by atomic mass is 10.1. The maximum atomic E-state index is 6.05. The topological polar surface area (TPSA) is 24.3 Å². The fraction of sp³-hybridized carbons (Fsp3) is 0. The summed E-state index contributed by atoms with van der Waals surface area (Å²) in [5.41, 5.74) is 9.93. The van der Waals surface area contributed by atoms with Gasteiger partial charge >= 0.3 is 0 Å². The number of hydrogen-bond donors (Lipinski definition) is 0. The third-order valence-electron chi connectivity index (χ3n) is 16.1. The molecule has 0 fully saturated rings. The summed E-state index contributed by atoms with van der Waals surface area (Å²) >= 11 is 0. The average molecular weight is 989 g/mol. The quantitative estimate of drug-likeness (QED) is 0.149. The van der Waals surface area contributed by atoms with Gasteiger partial charge in [-0.3, -0.25) is 4.90 Å². The molecule has 0 saturated carbocycles. The number of para-hydroxylation sites is 7. The molecule has 2 aliphatic rings. The molecule has 2 aromatic heterocycles. The van der Waals surface area contributed by atoms with E-state index >= 15 is 0 Å². The molecule has 0 amide bonds. The Morgan fingerprint density at radius 2 is 0.573 bits per heavy atom. The average Bonchev–Trinajstić information content (AvgIpc) is 3.82. The van der Waals surface area contributed by atoms with Crippen LogP contribution in [-0.4, -0.2) is 25.7 Å². The lowest BCUT2D eigenvalue weighted by Gasteiger charge is -2.46. The van der Waals surface area contributed by atoms with Crippen molar-refractivity contribution in [2.24, 2.45) is 0 Å². The van der Waals surface area contributed by atoms with E-state index in [-0.39, 0.29) is 0 Å². The Bertz CT molecular complexity index is 4100. The molecule has 0 bridgehead atoms. The van der Waals surface area contributed by atoms with Crippen molar-refractivity contribution in [1.29, 1.82) is 0 Å². The zero-order chi connectivity index (χ0) is 49.5. The minimum Gasteiger partial charge on any atom is -0.310 e. The van der Waals surface area contributed by atoms with Crippen LogP contribution in [0.5, 0.6) is 0 Å². The van der Waals surface area contributed by atoms with Crippen LogP contribution in [0.1, 0.15) is 0 Å². The van der Waals surface area contributed by atoms with Crippen LogP contribution >= 0.6 is 0 Å². The van der Waals surface area contributed by atoms with Crippen molar-refractivity contribution in [3.63, 3.8) is 0 Å². The maximum Gasteiger partial charge on any atom is 0.184 e. The standard InChI is InChI=1S/C69H48N4Si2/c1-5-26-49(27-6-1)74(50-28-7-2-8-29-50)64-44-21-17-39-58(64)72(59-40-18-22-45-65(59)74)63-48-68(70-69-55(63)36-25-43-62(69)71-56-37-15-13-34-53(56)54-35-14-16-38-57(54)71)73-60-41-19-23-46-66(60)75(51-30-9-3-10-31-51,52-32-11-4-12-33-52)67-47-24-20-42-61(67)73/h1-48H. The van der Waals surface area contributed by atoms with Crippen molar-refractivity contribution in [1.82, 2.24) is 9.55 Å². The molecule has 75 heavy (non-hydrogen) atoms. The Balaban J connectivity index is 1.08. The van der Waals surface area contributed by atoms with E-state index < -0.39 is 16.1 Å². The summed E-state index contributed by atoms with van der Waals surface area (Å²) < 4.78 is 2.44. The Labute approximate surface area is 438 Å². The van der Waals surface area contributed by atoms with Gasteiger partial charge in [0.2, 0.25) is 0 Å². The van der Waals surface area contributed by atoms with E-state index in [4.69, 9.17) is 4.98 Å². The zero-order valence-electron chi connectivity index (χ0n) is 41.0. The van der Waals surface area contributed by atoms with E-state index in [0.29, 0.717) is 0 Å². The zero-order valence-corrected chi connectivity index (χ0v) is 43.0. The normalized spacial score (nSPS) is 14.0. The van der Waals surface area contributed by atoms with E-state index in [0.717, 1.165) is 50.5 Å². The lowest BCUT2D eigenvalue weighted by Crippen LogP contribution is -2.77. The highest BCUT2D eigenvalue weighted by Crippen LogP contribution is 2.47. The van der Waals surface area contributed by atoms with Crippen LogP contribution in [0.2, 0.25) is 0 Å². The van der Waals surface area contributed by atoms with Crippen molar-refractivity contribution < 1.29 is 0 Å². The van der Waals surface area contributed by atoms with Gasteiger partial charge in [0.25, 0.3) is 0 Å². The first-order chi connectivity index (χ1) is 37.3. The van der Waals surface area contributed by atoms with Crippen LogP contribution in [0, 0.1) is 0 Å². The number of benzene rings is 11. The number of rotatable bonds is 7. The van der Waals surface area contributed by atoms with Gasteiger partial charge in [-0.25, -0.2) is 4.98 Å². The van der Waals surface area contributed by atoms with E-state index in [9.17, 15) is 0 Å². The Morgan fingerprint density at radius 3 is 0.987 bits per heavy atom. The molecule has 0 unspecified atom stereocenters. The third-order valence-corrected chi connectivity index (χ3v) is 25.8. The van der Waals surface area contributed by atoms with Gasteiger partial charge in [0.05, 0.1) is 27.9 Å². The van der Waals surface area contributed by atoms with Crippen LogP contribution in [0.25, 0.3) is 38.4 Å². The highest BCUT2D eigenvalue weighted by Gasteiger charge is 2.51. The van der Waals surface area contributed by atoms with Gasteiger partial charge < -0.3 is 9.47 Å². The van der Waals surface area contributed by atoms with E-state index in [1.165, 1.54) is 63.6 Å². The predicted molar refractivity (Wildman–Crippen MR) is 320 cm³/mol.